The van der Waals surface area contributed by atoms with E-state index in [4.69, 9.17) is 0 Å². The number of carboxylic acid groups (broad SMARTS) is 1. The van der Waals surface area contributed by atoms with Gasteiger partial charge >= 0.3 is 96.4 Å². The fraction of sp³-hybridized carbons (Fsp3) is 0.917. The number of rotatable bonds is 2. The molecule has 2 bridgehead atoms. The Morgan fingerprint density at radius 1 is 1.00 bits per heavy atom. The molecule has 2 nitrogen and oxygen atoms in total. The van der Waals surface area contributed by atoms with Gasteiger partial charge < -0.3 is 0 Å². The summed E-state index contributed by atoms with van der Waals surface area (Å²) < 4.78 is 0.631. The van der Waals surface area contributed by atoms with Gasteiger partial charge in [0.2, 0.25) is 0 Å². The van der Waals surface area contributed by atoms with Gasteiger partial charge in [-0.25, -0.2) is 0 Å². The second-order valence-corrected chi connectivity index (χ2v) is 22.5. The SMILES string of the molecule is [CH3][Sn]([CH3])([CH3])[C]12CCC(C(=O)O)(CC1)CC2. The van der Waals surface area contributed by atoms with Crippen LogP contribution in [0.5, 0.6) is 0 Å². The van der Waals surface area contributed by atoms with Crippen LogP contribution in [0.4, 0.5) is 0 Å². The first-order valence-corrected chi connectivity index (χ1v) is 16.0. The predicted octanol–water partition coefficient (Wildman–Crippen LogP) is 3.50. The molecule has 0 amide bonds. The number of hydrogen-bond donors (Lipinski definition) is 1. The van der Waals surface area contributed by atoms with Crippen molar-refractivity contribution < 1.29 is 9.90 Å². The van der Waals surface area contributed by atoms with Gasteiger partial charge in [0.15, 0.2) is 0 Å². The fourth-order valence-electron chi connectivity index (χ4n) is 3.63. The van der Waals surface area contributed by atoms with Crippen LogP contribution in [0.1, 0.15) is 38.5 Å². The van der Waals surface area contributed by atoms with Crippen LogP contribution < -0.4 is 0 Å². The van der Waals surface area contributed by atoms with Crippen LogP contribution in [-0.4, -0.2) is 29.5 Å². The third kappa shape index (κ3) is 1.63. The number of carboxylic acids is 1. The molecule has 3 saturated carbocycles. The molecule has 1 N–H and O–H groups in total. The van der Waals surface area contributed by atoms with Crippen molar-refractivity contribution >= 4 is 24.3 Å². The first-order chi connectivity index (χ1) is 6.81. The van der Waals surface area contributed by atoms with E-state index in [9.17, 15) is 9.90 Å². The molecule has 3 fully saturated rings. The van der Waals surface area contributed by atoms with E-state index in [2.05, 4.69) is 14.8 Å². The molecule has 0 unspecified atom stereocenters. The van der Waals surface area contributed by atoms with Crippen LogP contribution in [0.15, 0.2) is 0 Å². The third-order valence-corrected chi connectivity index (χ3v) is 16.5. The van der Waals surface area contributed by atoms with Crippen LogP contribution in [0.3, 0.4) is 0 Å². The average Bonchev–Trinajstić information content (AvgIpc) is 2.19. The van der Waals surface area contributed by atoms with Crippen molar-refractivity contribution in [3.05, 3.63) is 0 Å². The van der Waals surface area contributed by atoms with E-state index in [1.807, 2.05) is 0 Å². The molecule has 0 radical (unpaired) electrons. The molecule has 0 heterocycles. The van der Waals surface area contributed by atoms with Crippen molar-refractivity contribution in [2.75, 3.05) is 0 Å². The molecule has 3 rings (SSSR count). The van der Waals surface area contributed by atoms with Crippen LogP contribution in [0, 0.1) is 5.41 Å². The van der Waals surface area contributed by atoms with Gasteiger partial charge in [0.1, 0.15) is 0 Å². The van der Waals surface area contributed by atoms with E-state index >= 15 is 0 Å². The molecule has 0 aromatic heterocycles. The van der Waals surface area contributed by atoms with E-state index in [0.717, 1.165) is 19.3 Å². The molecule has 15 heavy (non-hydrogen) atoms. The Balaban J connectivity index is 2.21. The van der Waals surface area contributed by atoms with Crippen LogP contribution in [-0.2, 0) is 4.79 Å². The maximum absolute atomic E-state index is 11.3. The molecule has 0 spiro atoms. The van der Waals surface area contributed by atoms with Crippen molar-refractivity contribution in [2.24, 2.45) is 5.41 Å². The molecule has 0 aromatic rings. The number of fused-ring (bicyclic) bond motifs is 3. The topological polar surface area (TPSA) is 37.3 Å². The summed E-state index contributed by atoms with van der Waals surface area (Å²) in [6, 6.07) is 0. The van der Waals surface area contributed by atoms with E-state index in [1.165, 1.54) is 19.3 Å². The summed E-state index contributed by atoms with van der Waals surface area (Å²) in [5.74, 6) is -0.528. The first kappa shape index (κ1) is 11.7. The Morgan fingerprint density at radius 2 is 1.40 bits per heavy atom. The van der Waals surface area contributed by atoms with Crippen LogP contribution in [0.2, 0.25) is 18.2 Å². The molecule has 0 saturated heterocycles. The van der Waals surface area contributed by atoms with Crippen molar-refractivity contribution in [3.8, 4) is 0 Å². The Kier molecular flexibility index (Phi) is 2.65. The Morgan fingerprint density at radius 3 is 1.67 bits per heavy atom. The summed E-state index contributed by atoms with van der Waals surface area (Å²) >= 11 is -1.88. The Hall–Kier alpha value is 0.269. The summed E-state index contributed by atoms with van der Waals surface area (Å²) in [7, 11) is 0. The number of hydrogen-bond acceptors (Lipinski definition) is 1. The summed E-state index contributed by atoms with van der Waals surface area (Å²) in [6.45, 7) is 0. The molecule has 86 valence electrons. The van der Waals surface area contributed by atoms with E-state index < -0.39 is 24.3 Å². The van der Waals surface area contributed by atoms with Gasteiger partial charge in [-0.05, 0) is 0 Å². The van der Waals surface area contributed by atoms with Gasteiger partial charge in [0, 0.05) is 0 Å². The molecular formula is C12H22O2Sn. The molecular weight excluding hydrogens is 295 g/mol. The molecule has 0 aromatic carbocycles. The summed E-state index contributed by atoms with van der Waals surface area (Å²) in [6.07, 6.45) is 6.49. The minimum atomic E-state index is -1.88. The van der Waals surface area contributed by atoms with Crippen molar-refractivity contribution in [2.45, 2.75) is 56.8 Å². The number of carbonyl (C=O) groups is 1. The van der Waals surface area contributed by atoms with E-state index in [1.54, 1.807) is 0 Å². The van der Waals surface area contributed by atoms with Gasteiger partial charge in [0.25, 0.3) is 0 Å². The van der Waals surface area contributed by atoms with Gasteiger partial charge in [0.05, 0.1) is 0 Å². The van der Waals surface area contributed by atoms with Gasteiger partial charge in [-0.3, -0.25) is 0 Å². The zero-order valence-electron chi connectivity index (χ0n) is 10.1. The summed E-state index contributed by atoms with van der Waals surface area (Å²) in [4.78, 5) is 18.9. The second-order valence-electron chi connectivity index (χ2n) is 6.62. The molecule has 3 heteroatoms. The third-order valence-electron chi connectivity index (χ3n) is 5.29. The van der Waals surface area contributed by atoms with Crippen molar-refractivity contribution in [1.29, 1.82) is 0 Å². The normalized spacial score (nSPS) is 40.5. The molecule has 0 atom stereocenters. The van der Waals surface area contributed by atoms with Gasteiger partial charge in [-0.2, -0.15) is 0 Å². The predicted molar refractivity (Wildman–Crippen MR) is 63.8 cm³/mol. The fourth-order valence-corrected chi connectivity index (χ4v) is 11.1. The quantitative estimate of drug-likeness (QED) is 0.792. The van der Waals surface area contributed by atoms with E-state index in [0.29, 0.717) is 3.43 Å². The monoisotopic (exact) mass is 318 g/mol. The van der Waals surface area contributed by atoms with Crippen LogP contribution >= 0.6 is 0 Å². The molecule has 0 aliphatic heterocycles. The standard InChI is InChI=1S/C9H13O2.3CH3.Sn/c10-8(11)9-4-1-7(2-5-9)3-6-9;;;;/h1-6H2,(H,10,11);3*1H3;. The Bertz CT molecular complexity index is 266. The summed E-state index contributed by atoms with van der Waals surface area (Å²) in [5, 5.41) is 9.32. The zero-order chi connectivity index (χ0) is 11.3. The second kappa shape index (κ2) is 3.38. The van der Waals surface area contributed by atoms with Crippen molar-refractivity contribution in [1.82, 2.24) is 0 Å². The van der Waals surface area contributed by atoms with E-state index in [-0.39, 0.29) is 5.41 Å². The first-order valence-electron chi connectivity index (χ1n) is 6.05. The zero-order valence-corrected chi connectivity index (χ0v) is 13.0. The summed E-state index contributed by atoms with van der Waals surface area (Å²) in [5.41, 5.74) is -0.321. The number of aliphatic carboxylic acids is 1. The van der Waals surface area contributed by atoms with Crippen LogP contribution in [0.25, 0.3) is 0 Å². The van der Waals surface area contributed by atoms with Crippen molar-refractivity contribution in [3.63, 3.8) is 0 Å². The minimum absolute atomic E-state index is 0.321. The van der Waals surface area contributed by atoms with Gasteiger partial charge in [-0.15, -0.1) is 0 Å². The molecule has 3 aliphatic rings. The molecule has 3 aliphatic carbocycles. The Labute approximate surface area is 96.3 Å². The maximum atomic E-state index is 11.3. The van der Waals surface area contributed by atoms with Gasteiger partial charge in [-0.1, -0.05) is 0 Å². The average molecular weight is 317 g/mol.